The second-order valence-corrected chi connectivity index (χ2v) is 6.93. The van der Waals surface area contributed by atoms with Crippen LogP contribution in [0.3, 0.4) is 0 Å². The zero-order chi connectivity index (χ0) is 22.5. The van der Waals surface area contributed by atoms with Crippen LogP contribution in [0.2, 0.25) is 0 Å². The first-order valence-corrected chi connectivity index (χ1v) is 9.85. The van der Waals surface area contributed by atoms with E-state index in [1.54, 1.807) is 12.2 Å². The van der Waals surface area contributed by atoms with Crippen LogP contribution < -0.4 is 9.75 Å². The lowest BCUT2D eigenvalue weighted by molar-refractivity contribution is -0.384. The molecule has 0 radical (unpaired) electrons. The van der Waals surface area contributed by atoms with Crippen molar-refractivity contribution in [1.82, 2.24) is 0 Å². The van der Waals surface area contributed by atoms with Gasteiger partial charge in [-0.1, -0.05) is 55.1 Å². The molecule has 3 aromatic carbocycles. The van der Waals surface area contributed by atoms with Crippen molar-refractivity contribution in [1.29, 1.82) is 0 Å². The fraction of sp³-hybridized carbons (Fsp3) is 0.0400. The van der Waals surface area contributed by atoms with Crippen molar-refractivity contribution in [2.24, 2.45) is 5.10 Å². The standard InChI is InChI=1S/C25H19N3O4/c1-2-16-32-22-14-8-18(9-15-22)17-23-24(19-6-4-3-5-7-19)26-27(25(23)29)20-10-12-21(13-11-20)28(30)31/h2-15,17H,1,16H2/b23-17-. The number of hydrogen-bond donors (Lipinski definition) is 0. The summed E-state index contributed by atoms with van der Waals surface area (Å²) in [6.07, 6.45) is 3.44. The van der Waals surface area contributed by atoms with Crippen LogP contribution in [-0.2, 0) is 4.79 Å². The van der Waals surface area contributed by atoms with Gasteiger partial charge in [-0.05, 0) is 35.9 Å². The van der Waals surface area contributed by atoms with Crippen LogP contribution in [0.5, 0.6) is 5.75 Å². The zero-order valence-electron chi connectivity index (χ0n) is 17.0. The monoisotopic (exact) mass is 425 g/mol. The molecule has 158 valence electrons. The van der Waals surface area contributed by atoms with E-state index in [-0.39, 0.29) is 11.6 Å². The highest BCUT2D eigenvalue weighted by Gasteiger charge is 2.32. The maximum absolute atomic E-state index is 13.3. The van der Waals surface area contributed by atoms with Gasteiger partial charge < -0.3 is 4.74 Å². The number of rotatable bonds is 7. The fourth-order valence-corrected chi connectivity index (χ4v) is 3.23. The van der Waals surface area contributed by atoms with Crippen LogP contribution in [0.4, 0.5) is 11.4 Å². The largest absolute Gasteiger partial charge is 0.490 e. The smallest absolute Gasteiger partial charge is 0.281 e. The number of anilines is 1. The molecule has 0 fully saturated rings. The van der Waals surface area contributed by atoms with Gasteiger partial charge in [-0.2, -0.15) is 10.1 Å². The first kappa shape index (κ1) is 20.7. The van der Waals surface area contributed by atoms with Crippen LogP contribution in [0, 0.1) is 10.1 Å². The number of amides is 1. The molecule has 1 heterocycles. The molecule has 0 aliphatic carbocycles. The van der Waals surface area contributed by atoms with Crippen LogP contribution in [-0.4, -0.2) is 23.1 Å². The van der Waals surface area contributed by atoms with E-state index in [1.165, 1.54) is 29.3 Å². The second kappa shape index (κ2) is 9.09. The number of non-ortho nitro benzene ring substituents is 1. The molecule has 0 saturated heterocycles. The summed E-state index contributed by atoms with van der Waals surface area (Å²) in [5.41, 5.74) is 2.96. The van der Waals surface area contributed by atoms with Crippen molar-refractivity contribution in [3.8, 4) is 5.75 Å². The maximum atomic E-state index is 13.3. The Hall–Kier alpha value is -4.52. The molecule has 0 atom stereocenters. The molecule has 7 heteroatoms. The summed E-state index contributed by atoms with van der Waals surface area (Å²) < 4.78 is 5.51. The van der Waals surface area contributed by atoms with Gasteiger partial charge in [-0.25, -0.2) is 0 Å². The second-order valence-electron chi connectivity index (χ2n) is 6.93. The van der Waals surface area contributed by atoms with Crippen LogP contribution in [0.25, 0.3) is 6.08 Å². The number of hydrogen-bond acceptors (Lipinski definition) is 5. The molecular weight excluding hydrogens is 406 g/mol. The highest BCUT2D eigenvalue weighted by Crippen LogP contribution is 2.29. The molecule has 4 rings (SSSR count). The summed E-state index contributed by atoms with van der Waals surface area (Å²) in [6, 6.07) is 22.5. The lowest BCUT2D eigenvalue weighted by atomic mass is 10.0. The average Bonchev–Trinajstić information content (AvgIpc) is 3.15. The first-order chi connectivity index (χ1) is 15.6. The third-order valence-corrected chi connectivity index (χ3v) is 4.79. The molecule has 32 heavy (non-hydrogen) atoms. The quantitative estimate of drug-likeness (QED) is 0.231. The van der Waals surface area contributed by atoms with Gasteiger partial charge in [-0.15, -0.1) is 0 Å². The lowest BCUT2D eigenvalue weighted by Gasteiger charge is -2.11. The minimum Gasteiger partial charge on any atom is -0.490 e. The van der Waals surface area contributed by atoms with Crippen molar-refractivity contribution < 1.29 is 14.5 Å². The number of hydrazone groups is 1. The highest BCUT2D eigenvalue weighted by molar-refractivity contribution is 6.37. The normalized spacial score (nSPS) is 14.4. The fourth-order valence-electron chi connectivity index (χ4n) is 3.23. The molecule has 7 nitrogen and oxygen atoms in total. The molecule has 1 aliphatic heterocycles. The molecule has 1 amide bonds. The van der Waals surface area contributed by atoms with Crippen molar-refractivity contribution in [2.45, 2.75) is 0 Å². The summed E-state index contributed by atoms with van der Waals surface area (Å²) in [5, 5.41) is 16.8. The number of nitro groups is 1. The van der Waals surface area contributed by atoms with Crippen LogP contribution in [0.15, 0.2) is 102 Å². The minimum absolute atomic E-state index is 0.0535. The van der Waals surface area contributed by atoms with Gasteiger partial charge in [-0.3, -0.25) is 14.9 Å². The summed E-state index contributed by atoms with van der Waals surface area (Å²) in [7, 11) is 0. The van der Waals surface area contributed by atoms with Gasteiger partial charge in [0.25, 0.3) is 11.6 Å². The van der Waals surface area contributed by atoms with Crippen LogP contribution in [0.1, 0.15) is 11.1 Å². The predicted octanol–water partition coefficient (Wildman–Crippen LogP) is 4.99. The molecular formula is C25H19N3O4. The number of ether oxygens (including phenoxy) is 1. The Morgan fingerprint density at radius 1 is 1.00 bits per heavy atom. The number of nitro benzene ring substituents is 1. The molecule has 0 unspecified atom stereocenters. The first-order valence-electron chi connectivity index (χ1n) is 9.85. The molecule has 0 aromatic heterocycles. The summed E-state index contributed by atoms with van der Waals surface area (Å²) in [4.78, 5) is 23.8. The predicted molar refractivity (Wildman–Crippen MR) is 124 cm³/mol. The molecule has 0 saturated carbocycles. The van der Waals surface area contributed by atoms with Gasteiger partial charge in [0.05, 0.1) is 16.2 Å². The van der Waals surface area contributed by atoms with Gasteiger partial charge in [0.1, 0.15) is 18.1 Å². The zero-order valence-corrected chi connectivity index (χ0v) is 17.0. The SMILES string of the molecule is C=CCOc1ccc(/C=C2\C(=O)N(c3ccc([N+](=O)[O-])cc3)N=C2c2ccccc2)cc1. The Morgan fingerprint density at radius 2 is 1.69 bits per heavy atom. The van der Waals surface area contributed by atoms with Crippen molar-refractivity contribution in [3.63, 3.8) is 0 Å². The summed E-state index contributed by atoms with van der Waals surface area (Å²) >= 11 is 0. The molecule has 0 bridgehead atoms. The minimum atomic E-state index is -0.484. The van der Waals surface area contributed by atoms with Crippen molar-refractivity contribution >= 4 is 29.1 Å². The highest BCUT2D eigenvalue weighted by atomic mass is 16.6. The van der Waals surface area contributed by atoms with E-state index in [0.29, 0.717) is 29.3 Å². The van der Waals surface area contributed by atoms with Gasteiger partial charge in [0.15, 0.2) is 0 Å². The van der Waals surface area contributed by atoms with Crippen molar-refractivity contribution in [2.75, 3.05) is 11.6 Å². The van der Waals surface area contributed by atoms with E-state index in [9.17, 15) is 14.9 Å². The van der Waals surface area contributed by atoms with Crippen LogP contribution >= 0.6 is 0 Å². The summed E-state index contributed by atoms with van der Waals surface area (Å²) in [6.45, 7) is 4.04. The van der Waals surface area contributed by atoms with E-state index >= 15 is 0 Å². The molecule has 1 aliphatic rings. The number of carbonyl (C=O) groups excluding carboxylic acids is 1. The van der Waals surface area contributed by atoms with Gasteiger partial charge in [0.2, 0.25) is 0 Å². The van der Waals surface area contributed by atoms with Gasteiger partial charge >= 0.3 is 0 Å². The van der Waals surface area contributed by atoms with E-state index in [4.69, 9.17) is 4.74 Å². The third kappa shape index (κ3) is 4.32. The Labute approximate surface area is 184 Å². The van der Waals surface area contributed by atoms with E-state index in [2.05, 4.69) is 11.7 Å². The Bertz CT molecular complexity index is 1210. The van der Waals surface area contributed by atoms with E-state index in [1.807, 2.05) is 54.6 Å². The Kier molecular flexibility index (Phi) is 5.89. The number of nitrogens with zero attached hydrogens (tertiary/aromatic N) is 3. The maximum Gasteiger partial charge on any atom is 0.281 e. The number of benzene rings is 3. The summed E-state index contributed by atoms with van der Waals surface area (Å²) in [5.74, 6) is 0.388. The molecule has 0 N–H and O–H groups in total. The van der Waals surface area contributed by atoms with Crippen molar-refractivity contribution in [3.05, 3.63) is 118 Å². The molecule has 3 aromatic rings. The van der Waals surface area contributed by atoms with E-state index in [0.717, 1.165) is 11.1 Å². The molecule has 0 spiro atoms. The van der Waals surface area contributed by atoms with E-state index < -0.39 is 4.92 Å². The van der Waals surface area contributed by atoms with Gasteiger partial charge in [0, 0.05) is 17.7 Å². The third-order valence-electron chi connectivity index (χ3n) is 4.79. The lowest BCUT2D eigenvalue weighted by Crippen LogP contribution is -2.21. The Balaban J connectivity index is 1.71. The average molecular weight is 425 g/mol. The number of carbonyl (C=O) groups is 1. The topological polar surface area (TPSA) is 85.0 Å². The Morgan fingerprint density at radius 3 is 2.31 bits per heavy atom.